The summed E-state index contributed by atoms with van der Waals surface area (Å²) in [7, 11) is 0. The van der Waals surface area contributed by atoms with Crippen LogP contribution in [0.3, 0.4) is 0 Å². The first kappa shape index (κ1) is 14.4. The van der Waals surface area contributed by atoms with Crippen LogP contribution in [-0.2, 0) is 9.59 Å². The monoisotopic (exact) mass is 276 g/mol. The van der Waals surface area contributed by atoms with Crippen molar-refractivity contribution in [1.82, 2.24) is 4.90 Å². The van der Waals surface area contributed by atoms with E-state index in [4.69, 9.17) is 4.74 Å². The first-order chi connectivity index (χ1) is 9.55. The Morgan fingerprint density at radius 2 is 2.05 bits per heavy atom. The molecule has 1 aliphatic heterocycles. The molecule has 0 unspecified atom stereocenters. The highest BCUT2D eigenvalue weighted by molar-refractivity contribution is 5.89. The molecule has 0 aliphatic carbocycles. The molecule has 5 heteroatoms. The van der Waals surface area contributed by atoms with Gasteiger partial charge in [0.25, 0.3) is 0 Å². The number of hydrogen-bond donors (Lipinski definition) is 0. The van der Waals surface area contributed by atoms with Crippen molar-refractivity contribution in [2.24, 2.45) is 0 Å². The van der Waals surface area contributed by atoms with E-state index in [2.05, 4.69) is 0 Å². The summed E-state index contributed by atoms with van der Waals surface area (Å²) < 4.78 is 5.23. The number of amides is 1. The minimum absolute atomic E-state index is 0.0243. The highest BCUT2D eigenvalue weighted by Crippen LogP contribution is 2.32. The second-order valence-corrected chi connectivity index (χ2v) is 4.87. The van der Waals surface area contributed by atoms with Crippen LogP contribution < -0.4 is 9.64 Å². The van der Waals surface area contributed by atoms with Crippen molar-refractivity contribution in [2.45, 2.75) is 20.8 Å². The number of esters is 1. The van der Waals surface area contributed by atoms with Crippen LogP contribution in [-0.4, -0.2) is 43.0 Å². The minimum atomic E-state index is -0.324. The van der Waals surface area contributed by atoms with Crippen molar-refractivity contribution < 1.29 is 14.3 Å². The molecule has 0 N–H and O–H groups in total. The SMILES string of the molecule is CCN(CC)C(=O)CN1CC(=O)Oc2cc(C)ccc21. The second-order valence-electron chi connectivity index (χ2n) is 4.87. The van der Waals surface area contributed by atoms with Crippen LogP contribution in [0, 0.1) is 6.92 Å². The summed E-state index contributed by atoms with van der Waals surface area (Å²) in [6.07, 6.45) is 0. The number of likely N-dealkylation sites (N-methyl/N-ethyl adjacent to an activating group) is 1. The zero-order valence-corrected chi connectivity index (χ0v) is 12.2. The Balaban J connectivity index is 2.21. The van der Waals surface area contributed by atoms with E-state index in [1.807, 2.05) is 39.0 Å². The number of carbonyl (C=O) groups is 2. The molecule has 0 aromatic heterocycles. The van der Waals surface area contributed by atoms with E-state index in [1.165, 1.54) is 0 Å². The van der Waals surface area contributed by atoms with Crippen molar-refractivity contribution in [3.8, 4) is 5.75 Å². The van der Waals surface area contributed by atoms with Crippen molar-refractivity contribution >= 4 is 17.6 Å². The number of carbonyl (C=O) groups excluding carboxylic acids is 2. The van der Waals surface area contributed by atoms with E-state index >= 15 is 0 Å². The molecule has 2 rings (SSSR count). The number of ether oxygens (including phenoxy) is 1. The molecule has 0 saturated carbocycles. The van der Waals surface area contributed by atoms with Gasteiger partial charge in [0.15, 0.2) is 5.75 Å². The predicted molar refractivity (Wildman–Crippen MR) is 77.0 cm³/mol. The topological polar surface area (TPSA) is 49.9 Å². The largest absolute Gasteiger partial charge is 0.423 e. The second kappa shape index (κ2) is 5.94. The van der Waals surface area contributed by atoms with Gasteiger partial charge in [-0.05, 0) is 38.5 Å². The molecule has 0 radical (unpaired) electrons. The molecule has 0 spiro atoms. The van der Waals surface area contributed by atoms with E-state index in [9.17, 15) is 9.59 Å². The third-order valence-corrected chi connectivity index (χ3v) is 3.44. The maximum Gasteiger partial charge on any atom is 0.331 e. The zero-order valence-electron chi connectivity index (χ0n) is 12.2. The highest BCUT2D eigenvalue weighted by atomic mass is 16.5. The summed E-state index contributed by atoms with van der Waals surface area (Å²) >= 11 is 0. The van der Waals surface area contributed by atoms with Crippen molar-refractivity contribution in [3.63, 3.8) is 0 Å². The van der Waals surface area contributed by atoms with Crippen LogP contribution in [0.15, 0.2) is 18.2 Å². The molecule has 1 aliphatic rings. The Hall–Kier alpha value is -2.04. The van der Waals surface area contributed by atoms with Gasteiger partial charge in [0.2, 0.25) is 5.91 Å². The summed E-state index contributed by atoms with van der Waals surface area (Å²) in [6, 6.07) is 5.67. The number of hydrogen-bond acceptors (Lipinski definition) is 4. The van der Waals surface area contributed by atoms with Gasteiger partial charge in [0.1, 0.15) is 6.54 Å². The predicted octanol–water partition coefficient (Wildman–Crippen LogP) is 1.59. The lowest BCUT2D eigenvalue weighted by Crippen LogP contribution is -2.44. The van der Waals surface area contributed by atoms with Gasteiger partial charge in [0.05, 0.1) is 12.2 Å². The first-order valence-electron chi connectivity index (χ1n) is 6.89. The molecule has 1 aromatic rings. The summed E-state index contributed by atoms with van der Waals surface area (Å²) in [5, 5.41) is 0. The average Bonchev–Trinajstić information content (AvgIpc) is 2.39. The van der Waals surface area contributed by atoms with Gasteiger partial charge in [0, 0.05) is 13.1 Å². The molecular weight excluding hydrogens is 256 g/mol. The molecule has 0 atom stereocenters. The van der Waals surface area contributed by atoms with Gasteiger partial charge in [-0.3, -0.25) is 4.79 Å². The number of rotatable bonds is 4. The summed E-state index contributed by atoms with van der Waals surface area (Å²) in [6.45, 7) is 7.50. The first-order valence-corrected chi connectivity index (χ1v) is 6.89. The molecule has 20 heavy (non-hydrogen) atoms. The third kappa shape index (κ3) is 2.92. The fraction of sp³-hybridized carbons (Fsp3) is 0.467. The molecule has 0 fully saturated rings. The smallest absolute Gasteiger partial charge is 0.331 e. The van der Waals surface area contributed by atoms with Crippen molar-refractivity contribution in [3.05, 3.63) is 23.8 Å². The van der Waals surface area contributed by atoms with E-state index in [0.717, 1.165) is 11.3 Å². The van der Waals surface area contributed by atoms with Gasteiger partial charge in [-0.1, -0.05) is 6.07 Å². The van der Waals surface area contributed by atoms with Crippen LogP contribution in [0.2, 0.25) is 0 Å². The number of nitrogens with zero attached hydrogens (tertiary/aromatic N) is 2. The maximum atomic E-state index is 12.2. The van der Waals surface area contributed by atoms with Crippen molar-refractivity contribution in [2.75, 3.05) is 31.1 Å². The van der Waals surface area contributed by atoms with E-state index in [0.29, 0.717) is 18.8 Å². The van der Waals surface area contributed by atoms with E-state index in [-0.39, 0.29) is 25.0 Å². The standard InChI is InChI=1S/C15H20N2O3/c1-4-16(5-2)14(18)9-17-10-15(19)20-13-8-11(3)6-7-12(13)17/h6-8H,4-5,9-10H2,1-3H3. The Morgan fingerprint density at radius 3 is 2.70 bits per heavy atom. The number of benzene rings is 1. The maximum absolute atomic E-state index is 12.2. The Labute approximate surface area is 119 Å². The molecule has 0 saturated heterocycles. The molecule has 1 amide bonds. The lowest BCUT2D eigenvalue weighted by atomic mass is 10.1. The molecule has 1 aromatic carbocycles. The lowest BCUT2D eigenvalue weighted by Gasteiger charge is -2.31. The normalized spacial score (nSPS) is 13.8. The molecule has 108 valence electrons. The molecule has 1 heterocycles. The van der Waals surface area contributed by atoms with Crippen LogP contribution in [0.1, 0.15) is 19.4 Å². The highest BCUT2D eigenvalue weighted by Gasteiger charge is 2.26. The summed E-state index contributed by atoms with van der Waals surface area (Å²) in [5.41, 5.74) is 1.82. The average molecular weight is 276 g/mol. The molecule has 0 bridgehead atoms. The van der Waals surface area contributed by atoms with E-state index < -0.39 is 0 Å². The third-order valence-electron chi connectivity index (χ3n) is 3.44. The Bertz CT molecular complexity index is 524. The fourth-order valence-electron chi connectivity index (χ4n) is 2.34. The van der Waals surface area contributed by atoms with Crippen LogP contribution in [0.5, 0.6) is 5.75 Å². The molecule has 5 nitrogen and oxygen atoms in total. The fourth-order valence-corrected chi connectivity index (χ4v) is 2.34. The van der Waals surface area contributed by atoms with Crippen LogP contribution in [0.25, 0.3) is 0 Å². The number of fused-ring (bicyclic) bond motifs is 1. The van der Waals surface area contributed by atoms with Gasteiger partial charge < -0.3 is 14.5 Å². The van der Waals surface area contributed by atoms with Gasteiger partial charge in [-0.2, -0.15) is 0 Å². The Morgan fingerprint density at radius 1 is 1.35 bits per heavy atom. The Kier molecular flexibility index (Phi) is 4.27. The minimum Gasteiger partial charge on any atom is -0.423 e. The van der Waals surface area contributed by atoms with Crippen LogP contribution in [0.4, 0.5) is 5.69 Å². The van der Waals surface area contributed by atoms with Crippen molar-refractivity contribution in [1.29, 1.82) is 0 Å². The quantitative estimate of drug-likeness (QED) is 0.619. The lowest BCUT2D eigenvalue weighted by molar-refractivity contribution is -0.133. The van der Waals surface area contributed by atoms with Crippen LogP contribution >= 0.6 is 0 Å². The van der Waals surface area contributed by atoms with Gasteiger partial charge >= 0.3 is 5.97 Å². The molecular formula is C15H20N2O3. The number of anilines is 1. The van der Waals surface area contributed by atoms with Gasteiger partial charge in [-0.25, -0.2) is 4.79 Å². The zero-order chi connectivity index (χ0) is 14.7. The summed E-state index contributed by atoms with van der Waals surface area (Å²) in [4.78, 5) is 27.4. The van der Waals surface area contributed by atoms with E-state index in [1.54, 1.807) is 9.80 Å². The number of aryl methyl sites for hydroxylation is 1. The summed E-state index contributed by atoms with van der Waals surface area (Å²) in [5.74, 6) is 0.236. The van der Waals surface area contributed by atoms with Gasteiger partial charge in [-0.15, -0.1) is 0 Å².